The highest BCUT2D eigenvalue weighted by molar-refractivity contribution is 5.28. The van der Waals surface area contributed by atoms with Crippen molar-refractivity contribution >= 4 is 0 Å². The first-order chi connectivity index (χ1) is 15.1. The van der Waals surface area contributed by atoms with Crippen molar-refractivity contribution in [3.8, 4) is 11.5 Å². The summed E-state index contributed by atoms with van der Waals surface area (Å²) < 4.78 is 24.7. The Labute approximate surface area is 184 Å². The number of halogens is 1. The van der Waals surface area contributed by atoms with Crippen LogP contribution in [-0.2, 0) is 6.54 Å². The highest BCUT2D eigenvalue weighted by Gasteiger charge is 2.33. The predicted molar refractivity (Wildman–Crippen MR) is 119 cm³/mol. The molecule has 2 heterocycles. The van der Waals surface area contributed by atoms with Crippen molar-refractivity contribution in [2.75, 3.05) is 45.9 Å². The van der Waals surface area contributed by atoms with Crippen LogP contribution in [-0.4, -0.2) is 66.4 Å². The Bertz CT molecular complexity index is 816. The monoisotopic (exact) mass is 428 g/mol. The van der Waals surface area contributed by atoms with Crippen LogP contribution < -0.4 is 9.47 Å². The van der Waals surface area contributed by atoms with E-state index in [0.29, 0.717) is 18.6 Å². The molecule has 0 aliphatic carbocycles. The van der Waals surface area contributed by atoms with Crippen LogP contribution in [0, 0.1) is 5.82 Å². The lowest BCUT2D eigenvalue weighted by Crippen LogP contribution is -2.47. The zero-order chi connectivity index (χ0) is 21.5. The minimum absolute atomic E-state index is 0.229. The highest BCUT2D eigenvalue weighted by Crippen LogP contribution is 2.25. The minimum atomic E-state index is -0.842. The molecule has 0 amide bonds. The number of hydrogen-bond donors (Lipinski definition) is 1. The molecule has 31 heavy (non-hydrogen) atoms. The van der Waals surface area contributed by atoms with E-state index in [0.717, 1.165) is 38.5 Å². The summed E-state index contributed by atoms with van der Waals surface area (Å²) >= 11 is 0. The first kappa shape index (κ1) is 22.1. The molecular weight excluding hydrogens is 395 g/mol. The Morgan fingerprint density at radius 2 is 1.61 bits per heavy atom. The molecule has 0 saturated carbocycles. The molecule has 0 unspecified atom stereocenters. The molecule has 6 heteroatoms. The van der Waals surface area contributed by atoms with E-state index in [9.17, 15) is 9.50 Å². The van der Waals surface area contributed by atoms with E-state index < -0.39 is 5.60 Å². The van der Waals surface area contributed by atoms with E-state index in [4.69, 9.17) is 9.47 Å². The van der Waals surface area contributed by atoms with Gasteiger partial charge in [0.15, 0.2) is 0 Å². The number of rotatable bonds is 9. The Kier molecular flexibility index (Phi) is 7.43. The SMILES string of the molecule is OC1(COc2ccc(F)cc2)CCN(Cc2cccc(OCCN3CCCC3)c2)CC1. The molecule has 4 rings (SSSR count). The summed E-state index contributed by atoms with van der Waals surface area (Å²) in [5.74, 6) is 1.22. The van der Waals surface area contributed by atoms with Crippen LogP contribution in [0.4, 0.5) is 4.39 Å². The fraction of sp³-hybridized carbons (Fsp3) is 0.520. The second-order valence-corrected chi connectivity index (χ2v) is 8.79. The fourth-order valence-electron chi connectivity index (χ4n) is 4.31. The van der Waals surface area contributed by atoms with Crippen molar-refractivity contribution in [2.24, 2.45) is 0 Å². The minimum Gasteiger partial charge on any atom is -0.492 e. The first-order valence-electron chi connectivity index (χ1n) is 11.4. The largest absolute Gasteiger partial charge is 0.492 e. The van der Waals surface area contributed by atoms with Crippen LogP contribution in [0.25, 0.3) is 0 Å². The third-order valence-electron chi connectivity index (χ3n) is 6.29. The first-order valence-corrected chi connectivity index (χ1v) is 11.4. The van der Waals surface area contributed by atoms with Crippen LogP contribution in [0.5, 0.6) is 11.5 Å². The third kappa shape index (κ3) is 6.66. The molecular formula is C25H33FN2O3. The van der Waals surface area contributed by atoms with Gasteiger partial charge in [-0.05, 0) is 80.7 Å². The van der Waals surface area contributed by atoms with E-state index in [1.54, 1.807) is 12.1 Å². The molecule has 2 aliphatic heterocycles. The molecule has 5 nitrogen and oxygen atoms in total. The van der Waals surface area contributed by atoms with Gasteiger partial charge in [0, 0.05) is 26.2 Å². The Morgan fingerprint density at radius 1 is 0.871 bits per heavy atom. The van der Waals surface area contributed by atoms with Gasteiger partial charge in [0.1, 0.15) is 36.1 Å². The van der Waals surface area contributed by atoms with Crippen molar-refractivity contribution in [3.63, 3.8) is 0 Å². The van der Waals surface area contributed by atoms with Crippen LogP contribution in [0.3, 0.4) is 0 Å². The summed E-state index contributed by atoms with van der Waals surface area (Å²) in [6, 6.07) is 14.3. The molecule has 2 fully saturated rings. The second kappa shape index (κ2) is 10.4. The normalized spacial score (nSPS) is 19.4. The molecule has 0 radical (unpaired) electrons. The van der Waals surface area contributed by atoms with E-state index in [1.165, 1.54) is 43.6 Å². The zero-order valence-electron chi connectivity index (χ0n) is 18.1. The predicted octanol–water partition coefficient (Wildman–Crippen LogP) is 3.71. The summed E-state index contributed by atoms with van der Waals surface area (Å²) in [7, 11) is 0. The van der Waals surface area contributed by atoms with Gasteiger partial charge in [0.25, 0.3) is 0 Å². The summed E-state index contributed by atoms with van der Waals surface area (Å²) in [5, 5.41) is 10.9. The molecule has 1 N–H and O–H groups in total. The average Bonchev–Trinajstić information content (AvgIpc) is 3.29. The van der Waals surface area contributed by atoms with Gasteiger partial charge in [-0.25, -0.2) is 4.39 Å². The maximum Gasteiger partial charge on any atom is 0.123 e. The van der Waals surface area contributed by atoms with Crippen molar-refractivity contribution in [3.05, 3.63) is 59.9 Å². The maximum atomic E-state index is 13.0. The van der Waals surface area contributed by atoms with E-state index >= 15 is 0 Å². The van der Waals surface area contributed by atoms with Gasteiger partial charge in [0.2, 0.25) is 0 Å². The van der Waals surface area contributed by atoms with Gasteiger partial charge < -0.3 is 14.6 Å². The Balaban J connectivity index is 1.20. The summed E-state index contributed by atoms with van der Waals surface area (Å²) in [5.41, 5.74) is 0.387. The molecule has 168 valence electrons. The third-order valence-corrected chi connectivity index (χ3v) is 6.29. The number of aliphatic hydroxyl groups is 1. The summed E-state index contributed by atoms with van der Waals surface area (Å²) in [6.07, 6.45) is 3.91. The molecule has 0 aromatic heterocycles. The number of benzene rings is 2. The van der Waals surface area contributed by atoms with Gasteiger partial charge in [0.05, 0.1) is 0 Å². The van der Waals surface area contributed by atoms with E-state index in [-0.39, 0.29) is 12.4 Å². The lowest BCUT2D eigenvalue weighted by Gasteiger charge is -2.38. The van der Waals surface area contributed by atoms with Crippen LogP contribution in [0.15, 0.2) is 48.5 Å². The smallest absolute Gasteiger partial charge is 0.123 e. The van der Waals surface area contributed by atoms with Crippen molar-refractivity contribution in [1.29, 1.82) is 0 Å². The van der Waals surface area contributed by atoms with Crippen LogP contribution in [0.2, 0.25) is 0 Å². The van der Waals surface area contributed by atoms with Gasteiger partial charge in [-0.2, -0.15) is 0 Å². The van der Waals surface area contributed by atoms with Crippen molar-refractivity contribution in [1.82, 2.24) is 9.80 Å². The average molecular weight is 429 g/mol. The molecule has 0 bridgehead atoms. The molecule has 0 spiro atoms. The number of ether oxygens (including phenoxy) is 2. The molecule has 2 saturated heterocycles. The molecule has 2 aromatic rings. The fourth-order valence-corrected chi connectivity index (χ4v) is 4.31. The zero-order valence-corrected chi connectivity index (χ0v) is 18.1. The summed E-state index contributed by atoms with van der Waals surface area (Å²) in [4.78, 5) is 4.81. The van der Waals surface area contributed by atoms with Gasteiger partial charge >= 0.3 is 0 Å². The van der Waals surface area contributed by atoms with Crippen LogP contribution in [0.1, 0.15) is 31.2 Å². The van der Waals surface area contributed by atoms with Crippen molar-refractivity contribution in [2.45, 2.75) is 37.8 Å². The van der Waals surface area contributed by atoms with Gasteiger partial charge in [-0.3, -0.25) is 9.80 Å². The van der Waals surface area contributed by atoms with Crippen molar-refractivity contribution < 1.29 is 19.0 Å². The maximum absolute atomic E-state index is 13.0. The van der Waals surface area contributed by atoms with Crippen LogP contribution >= 0.6 is 0 Å². The summed E-state index contributed by atoms with van der Waals surface area (Å²) in [6.45, 7) is 6.81. The number of piperidine rings is 1. The highest BCUT2D eigenvalue weighted by atomic mass is 19.1. The topological polar surface area (TPSA) is 45.2 Å². The lowest BCUT2D eigenvalue weighted by molar-refractivity contribution is -0.0537. The molecule has 2 aliphatic rings. The second-order valence-electron chi connectivity index (χ2n) is 8.79. The molecule has 0 atom stereocenters. The number of likely N-dealkylation sites (tertiary alicyclic amines) is 2. The van der Waals surface area contributed by atoms with Gasteiger partial charge in [-0.15, -0.1) is 0 Å². The van der Waals surface area contributed by atoms with E-state index in [1.807, 2.05) is 6.07 Å². The lowest BCUT2D eigenvalue weighted by atomic mass is 9.92. The number of nitrogens with zero attached hydrogens (tertiary/aromatic N) is 2. The Hall–Kier alpha value is -2.15. The van der Waals surface area contributed by atoms with E-state index in [2.05, 4.69) is 28.0 Å². The quantitative estimate of drug-likeness (QED) is 0.660. The standard InChI is InChI=1S/C25H33FN2O3/c26-22-6-8-23(9-7-22)31-20-25(29)10-14-28(15-11-25)19-21-4-3-5-24(18-21)30-17-16-27-12-1-2-13-27/h3-9,18,29H,1-2,10-17,19-20H2. The molecule has 2 aromatic carbocycles. The van der Waals surface area contributed by atoms with Gasteiger partial charge in [-0.1, -0.05) is 12.1 Å². The Morgan fingerprint density at radius 3 is 2.35 bits per heavy atom. The number of hydrogen-bond acceptors (Lipinski definition) is 5.